The maximum absolute atomic E-state index is 12.1. The van der Waals surface area contributed by atoms with Gasteiger partial charge in [-0.05, 0) is 38.1 Å². The average molecular weight is 379 g/mol. The number of carboxylic acids is 1. The lowest BCUT2D eigenvalue weighted by molar-refractivity contribution is 0.0592. The Labute approximate surface area is 160 Å². The number of aromatic nitrogens is 3. The molecule has 0 spiro atoms. The largest absolute Gasteiger partial charge is 0.478 e. The third kappa shape index (κ3) is 2.97. The second kappa shape index (κ2) is 6.92. The van der Waals surface area contributed by atoms with Crippen molar-refractivity contribution in [2.45, 2.75) is 13.8 Å². The van der Waals surface area contributed by atoms with E-state index in [1.165, 1.54) is 28.6 Å². The van der Waals surface area contributed by atoms with E-state index in [1.54, 1.807) is 12.1 Å². The molecule has 142 valence electrons. The molecule has 0 bridgehead atoms. The summed E-state index contributed by atoms with van der Waals surface area (Å²) in [6, 6.07) is 8.33. The number of rotatable bonds is 4. The molecule has 0 aliphatic carbocycles. The van der Waals surface area contributed by atoms with Gasteiger partial charge >= 0.3 is 11.9 Å². The van der Waals surface area contributed by atoms with E-state index in [1.807, 2.05) is 26.0 Å². The first kappa shape index (κ1) is 18.7. The maximum Gasteiger partial charge on any atom is 0.357 e. The number of anilines is 1. The molecule has 0 amide bonds. The summed E-state index contributed by atoms with van der Waals surface area (Å²) in [6.45, 7) is 3.63. The Morgan fingerprint density at radius 1 is 1.29 bits per heavy atom. The second-order valence-electron chi connectivity index (χ2n) is 6.12. The van der Waals surface area contributed by atoms with Crippen LogP contribution in [-0.4, -0.2) is 38.5 Å². The molecule has 9 nitrogen and oxygen atoms in total. The summed E-state index contributed by atoms with van der Waals surface area (Å²) in [5, 5.41) is 23.3. The topological polar surface area (TPSA) is 136 Å². The highest BCUT2D eigenvalue weighted by Crippen LogP contribution is 2.27. The summed E-state index contributed by atoms with van der Waals surface area (Å²) in [4.78, 5) is 24.0. The van der Waals surface area contributed by atoms with Gasteiger partial charge in [0.1, 0.15) is 6.07 Å². The normalized spacial score (nSPS) is 10.5. The number of nitrogens with zero attached hydrogens (tertiary/aromatic N) is 4. The zero-order valence-corrected chi connectivity index (χ0v) is 15.4. The number of carboxylic acid groups (broad SMARTS) is 1. The van der Waals surface area contributed by atoms with Gasteiger partial charge in [-0.3, -0.25) is 0 Å². The number of aryl methyl sites for hydroxylation is 2. The summed E-state index contributed by atoms with van der Waals surface area (Å²) < 4.78 is 7.63. The van der Waals surface area contributed by atoms with Gasteiger partial charge in [0.05, 0.1) is 35.3 Å². The van der Waals surface area contributed by atoms with Crippen molar-refractivity contribution >= 4 is 17.6 Å². The molecule has 0 fully saturated rings. The number of ether oxygens (including phenoxy) is 1. The quantitative estimate of drug-likeness (QED) is 0.663. The first-order chi connectivity index (χ1) is 13.3. The van der Waals surface area contributed by atoms with Crippen LogP contribution < -0.4 is 5.73 Å². The SMILES string of the molecule is COC(=O)c1c(N)c(C#N)cn1-c1ccc(-n2nc(C)cc2C)c(C(=O)O)c1. The summed E-state index contributed by atoms with van der Waals surface area (Å²) in [5.41, 5.74) is 8.13. The molecule has 9 heteroatoms. The van der Waals surface area contributed by atoms with E-state index < -0.39 is 11.9 Å². The van der Waals surface area contributed by atoms with Gasteiger partial charge in [0.25, 0.3) is 0 Å². The van der Waals surface area contributed by atoms with Crippen molar-refractivity contribution in [3.63, 3.8) is 0 Å². The molecule has 3 aromatic rings. The number of carbonyl (C=O) groups excluding carboxylic acids is 1. The minimum Gasteiger partial charge on any atom is -0.478 e. The number of nitrogen functional groups attached to an aromatic ring is 1. The highest BCUT2D eigenvalue weighted by atomic mass is 16.5. The van der Waals surface area contributed by atoms with Gasteiger partial charge in [-0.2, -0.15) is 10.4 Å². The van der Waals surface area contributed by atoms with Gasteiger partial charge in [0.2, 0.25) is 0 Å². The third-order valence-corrected chi connectivity index (χ3v) is 4.27. The molecule has 1 aromatic carbocycles. The Morgan fingerprint density at radius 2 is 2.00 bits per heavy atom. The number of carbonyl (C=O) groups is 2. The second-order valence-corrected chi connectivity index (χ2v) is 6.12. The highest BCUT2D eigenvalue weighted by molar-refractivity contribution is 5.96. The predicted molar refractivity (Wildman–Crippen MR) is 99.8 cm³/mol. The fourth-order valence-electron chi connectivity index (χ4n) is 3.02. The van der Waals surface area contributed by atoms with E-state index in [0.29, 0.717) is 11.4 Å². The number of esters is 1. The number of nitrogens with two attached hydrogens (primary N) is 1. The van der Waals surface area contributed by atoms with Crippen molar-refractivity contribution in [3.8, 4) is 17.4 Å². The first-order valence-electron chi connectivity index (χ1n) is 8.19. The number of aromatic carboxylic acids is 1. The van der Waals surface area contributed by atoms with Gasteiger partial charge < -0.3 is 20.1 Å². The van der Waals surface area contributed by atoms with Gasteiger partial charge in [-0.25, -0.2) is 14.3 Å². The molecule has 0 aliphatic heterocycles. The highest BCUT2D eigenvalue weighted by Gasteiger charge is 2.23. The zero-order valence-electron chi connectivity index (χ0n) is 15.4. The number of methoxy groups -OCH3 is 1. The van der Waals surface area contributed by atoms with Crippen LogP contribution in [0.15, 0.2) is 30.5 Å². The molecule has 3 rings (SSSR count). The van der Waals surface area contributed by atoms with Gasteiger partial charge in [0.15, 0.2) is 5.69 Å². The summed E-state index contributed by atoms with van der Waals surface area (Å²) >= 11 is 0. The minimum absolute atomic E-state index is 0.0229. The van der Waals surface area contributed by atoms with Crippen molar-refractivity contribution in [2.75, 3.05) is 12.8 Å². The predicted octanol–water partition coefficient (Wildman–Crippen LogP) is 2.22. The lowest BCUT2D eigenvalue weighted by atomic mass is 10.1. The number of hydrogen-bond acceptors (Lipinski definition) is 6. The number of benzene rings is 1. The van der Waals surface area contributed by atoms with E-state index in [9.17, 15) is 20.0 Å². The molecule has 0 saturated heterocycles. The van der Waals surface area contributed by atoms with Crippen LogP contribution in [0.25, 0.3) is 11.4 Å². The van der Waals surface area contributed by atoms with Crippen molar-refractivity contribution in [3.05, 3.63) is 58.7 Å². The van der Waals surface area contributed by atoms with Crippen LogP contribution in [0.1, 0.15) is 37.8 Å². The molecule has 2 heterocycles. The summed E-state index contributed by atoms with van der Waals surface area (Å²) in [7, 11) is 1.19. The van der Waals surface area contributed by atoms with Crippen LogP contribution in [0.4, 0.5) is 5.69 Å². The molecule has 3 N–H and O–H groups in total. The fraction of sp³-hybridized carbons (Fsp3) is 0.158. The molecular weight excluding hydrogens is 362 g/mol. The molecule has 28 heavy (non-hydrogen) atoms. The smallest absolute Gasteiger partial charge is 0.357 e. The van der Waals surface area contributed by atoms with E-state index in [-0.39, 0.29) is 22.5 Å². The first-order valence-corrected chi connectivity index (χ1v) is 8.19. The van der Waals surface area contributed by atoms with Gasteiger partial charge in [0, 0.05) is 17.6 Å². The molecule has 2 aromatic heterocycles. The van der Waals surface area contributed by atoms with Crippen LogP contribution in [0.3, 0.4) is 0 Å². The zero-order chi connectivity index (χ0) is 20.6. The lowest BCUT2D eigenvalue weighted by Crippen LogP contribution is -2.13. The molecule has 0 atom stereocenters. The number of hydrogen-bond donors (Lipinski definition) is 2. The van der Waals surface area contributed by atoms with Crippen molar-refractivity contribution in [2.24, 2.45) is 0 Å². The Hall–Kier alpha value is -4.06. The molecular formula is C19H17N5O4. The van der Waals surface area contributed by atoms with Crippen LogP contribution in [0.2, 0.25) is 0 Å². The summed E-state index contributed by atoms with van der Waals surface area (Å²) in [5.74, 6) is -1.90. The Balaban J connectivity index is 2.25. The Morgan fingerprint density at radius 3 is 2.54 bits per heavy atom. The Bertz CT molecular complexity index is 1150. The van der Waals surface area contributed by atoms with Crippen LogP contribution in [0, 0.1) is 25.2 Å². The van der Waals surface area contributed by atoms with E-state index in [2.05, 4.69) is 5.10 Å². The maximum atomic E-state index is 12.1. The lowest BCUT2D eigenvalue weighted by Gasteiger charge is -2.13. The van der Waals surface area contributed by atoms with Crippen LogP contribution in [-0.2, 0) is 4.74 Å². The van der Waals surface area contributed by atoms with E-state index in [0.717, 1.165) is 11.4 Å². The molecule has 0 unspecified atom stereocenters. The van der Waals surface area contributed by atoms with E-state index >= 15 is 0 Å². The molecule has 0 saturated carbocycles. The van der Waals surface area contributed by atoms with Crippen LogP contribution >= 0.6 is 0 Å². The standard InChI is InChI=1S/C19H17N5O4/c1-10-6-11(2)24(22-10)15-5-4-13(7-14(15)18(25)26)23-9-12(8-20)16(21)17(23)19(27)28-3/h4-7,9H,21H2,1-3H3,(H,25,26). The van der Waals surface area contributed by atoms with Crippen molar-refractivity contribution in [1.82, 2.24) is 14.3 Å². The fourth-order valence-corrected chi connectivity index (χ4v) is 3.02. The molecule has 0 aliphatic rings. The van der Waals surface area contributed by atoms with Crippen molar-refractivity contribution in [1.29, 1.82) is 5.26 Å². The van der Waals surface area contributed by atoms with Gasteiger partial charge in [-0.1, -0.05) is 0 Å². The van der Waals surface area contributed by atoms with Crippen LogP contribution in [0.5, 0.6) is 0 Å². The minimum atomic E-state index is -1.16. The monoisotopic (exact) mass is 379 g/mol. The van der Waals surface area contributed by atoms with Gasteiger partial charge in [-0.15, -0.1) is 0 Å². The number of nitriles is 1. The third-order valence-electron chi connectivity index (χ3n) is 4.27. The average Bonchev–Trinajstić information content (AvgIpc) is 3.18. The Kier molecular flexibility index (Phi) is 4.63. The molecule has 0 radical (unpaired) electrons. The summed E-state index contributed by atoms with van der Waals surface area (Å²) in [6.07, 6.45) is 1.37. The van der Waals surface area contributed by atoms with E-state index in [4.69, 9.17) is 10.5 Å². The van der Waals surface area contributed by atoms with Crippen molar-refractivity contribution < 1.29 is 19.4 Å².